The molecule has 0 fully saturated rings. The first-order valence-electron chi connectivity index (χ1n) is 4.06. The summed E-state index contributed by atoms with van der Waals surface area (Å²) in [6.07, 6.45) is 0.560. The van der Waals surface area contributed by atoms with Crippen LogP contribution in [-0.4, -0.2) is 24.4 Å². The second kappa shape index (κ2) is 6.13. The molecule has 6 heteroatoms. The molecule has 0 aromatic carbocycles. The summed E-state index contributed by atoms with van der Waals surface area (Å²) in [5, 5.41) is 0. The van der Waals surface area contributed by atoms with E-state index in [0.717, 1.165) is 0 Å². The lowest BCUT2D eigenvalue weighted by Gasteiger charge is -2.16. The summed E-state index contributed by atoms with van der Waals surface area (Å²) < 4.78 is 39.4. The van der Waals surface area contributed by atoms with Crippen LogP contribution in [0, 0.1) is 0 Å². The average Bonchev–Trinajstić information content (AvgIpc) is 2.01. The Morgan fingerprint density at radius 3 is 2.38 bits per heavy atom. The van der Waals surface area contributed by atoms with Gasteiger partial charge < -0.3 is 4.74 Å². The van der Waals surface area contributed by atoms with E-state index in [2.05, 4.69) is 22.6 Å². The summed E-state index contributed by atoms with van der Waals surface area (Å²) in [6, 6.07) is 0. The molecule has 0 aromatic heterocycles. The Balaban J connectivity index is 4.27. The van der Waals surface area contributed by atoms with Crippen LogP contribution in [0.25, 0.3) is 0 Å². The standard InChI is InChI=1S/C7H14FIO3S/c1-3-4-7(13(8,10)11)12-6(2)5-9/h6-7H,3-5H2,1-2H3. The first-order chi connectivity index (χ1) is 5.91. The van der Waals surface area contributed by atoms with Gasteiger partial charge in [0.15, 0.2) is 5.44 Å². The minimum atomic E-state index is -4.56. The molecule has 3 nitrogen and oxygen atoms in total. The maximum absolute atomic E-state index is 12.6. The van der Waals surface area contributed by atoms with Gasteiger partial charge in [-0.15, -0.1) is 3.89 Å². The fraction of sp³-hybridized carbons (Fsp3) is 1.00. The summed E-state index contributed by atoms with van der Waals surface area (Å²) in [6.45, 7) is 3.51. The first kappa shape index (κ1) is 13.6. The van der Waals surface area contributed by atoms with Crippen molar-refractivity contribution in [2.75, 3.05) is 4.43 Å². The van der Waals surface area contributed by atoms with Crippen molar-refractivity contribution in [2.45, 2.75) is 38.2 Å². The van der Waals surface area contributed by atoms with E-state index in [0.29, 0.717) is 10.8 Å². The number of alkyl halides is 1. The van der Waals surface area contributed by atoms with Gasteiger partial charge in [-0.2, -0.15) is 8.42 Å². The monoisotopic (exact) mass is 324 g/mol. The van der Waals surface area contributed by atoms with E-state index in [1.807, 2.05) is 0 Å². The van der Waals surface area contributed by atoms with Crippen LogP contribution in [-0.2, 0) is 15.0 Å². The molecule has 0 aromatic rings. The van der Waals surface area contributed by atoms with Crippen LogP contribution in [0.1, 0.15) is 26.7 Å². The van der Waals surface area contributed by atoms with E-state index in [-0.39, 0.29) is 12.5 Å². The zero-order valence-corrected chi connectivity index (χ0v) is 10.6. The van der Waals surface area contributed by atoms with Gasteiger partial charge in [0, 0.05) is 4.43 Å². The molecule has 0 aliphatic carbocycles. The van der Waals surface area contributed by atoms with E-state index in [9.17, 15) is 12.3 Å². The smallest absolute Gasteiger partial charge is 0.329 e. The molecule has 0 saturated carbocycles. The Bertz CT molecular complexity index is 230. The summed E-state index contributed by atoms with van der Waals surface area (Å²) in [5.41, 5.74) is -1.29. The van der Waals surface area contributed by atoms with Gasteiger partial charge >= 0.3 is 10.2 Å². The van der Waals surface area contributed by atoms with Crippen LogP contribution in [0.3, 0.4) is 0 Å². The van der Waals surface area contributed by atoms with Crippen molar-refractivity contribution in [2.24, 2.45) is 0 Å². The maximum atomic E-state index is 12.6. The zero-order chi connectivity index (χ0) is 10.5. The summed E-state index contributed by atoms with van der Waals surface area (Å²) in [4.78, 5) is 0. The average molecular weight is 324 g/mol. The van der Waals surface area contributed by atoms with Crippen molar-refractivity contribution < 1.29 is 17.0 Å². The van der Waals surface area contributed by atoms with Crippen LogP contribution in [0.15, 0.2) is 0 Å². The molecule has 0 heterocycles. The Morgan fingerprint density at radius 1 is 1.54 bits per heavy atom. The molecule has 0 saturated heterocycles. The quantitative estimate of drug-likeness (QED) is 0.428. The van der Waals surface area contributed by atoms with Crippen molar-refractivity contribution in [1.29, 1.82) is 0 Å². The second-order valence-corrected chi connectivity index (χ2v) is 5.15. The van der Waals surface area contributed by atoms with Crippen LogP contribution >= 0.6 is 22.6 Å². The molecule has 2 unspecified atom stereocenters. The van der Waals surface area contributed by atoms with Gasteiger partial charge in [0.05, 0.1) is 6.10 Å². The maximum Gasteiger partial charge on any atom is 0.329 e. The third kappa shape index (κ3) is 5.79. The summed E-state index contributed by atoms with van der Waals surface area (Å²) in [7, 11) is -4.56. The molecular weight excluding hydrogens is 310 g/mol. The SMILES string of the molecule is CCCC(OC(C)CI)S(=O)(=O)F. The number of ether oxygens (including phenoxy) is 1. The highest BCUT2D eigenvalue weighted by molar-refractivity contribution is 14.1. The van der Waals surface area contributed by atoms with Crippen LogP contribution in [0.2, 0.25) is 0 Å². The van der Waals surface area contributed by atoms with Gasteiger partial charge in [-0.3, -0.25) is 0 Å². The van der Waals surface area contributed by atoms with E-state index < -0.39 is 15.7 Å². The third-order valence-electron chi connectivity index (χ3n) is 1.44. The zero-order valence-electron chi connectivity index (χ0n) is 7.66. The van der Waals surface area contributed by atoms with Gasteiger partial charge in [0.25, 0.3) is 0 Å². The molecule has 0 N–H and O–H groups in total. The summed E-state index contributed by atoms with van der Waals surface area (Å²) >= 11 is 2.06. The highest BCUT2D eigenvalue weighted by Gasteiger charge is 2.26. The molecule has 13 heavy (non-hydrogen) atoms. The van der Waals surface area contributed by atoms with Crippen LogP contribution < -0.4 is 0 Å². The van der Waals surface area contributed by atoms with E-state index in [1.54, 1.807) is 13.8 Å². The molecule has 0 amide bonds. The largest absolute Gasteiger partial charge is 0.356 e. The Morgan fingerprint density at radius 2 is 2.08 bits per heavy atom. The molecular formula is C7H14FIO3S. The molecule has 0 spiro atoms. The fourth-order valence-electron chi connectivity index (χ4n) is 0.806. The van der Waals surface area contributed by atoms with E-state index >= 15 is 0 Å². The van der Waals surface area contributed by atoms with Crippen molar-refractivity contribution in [3.63, 3.8) is 0 Å². The lowest BCUT2D eigenvalue weighted by molar-refractivity contribution is 0.0506. The minimum absolute atomic E-state index is 0.208. The number of hydrogen-bond acceptors (Lipinski definition) is 3. The molecule has 80 valence electrons. The first-order valence-corrected chi connectivity index (χ1v) is 7.04. The number of hydrogen-bond donors (Lipinski definition) is 0. The molecule has 0 bridgehead atoms. The predicted molar refractivity (Wildman–Crippen MR) is 58.2 cm³/mol. The molecule has 0 aliphatic heterocycles. The lowest BCUT2D eigenvalue weighted by Crippen LogP contribution is -2.26. The number of halogens is 2. The highest BCUT2D eigenvalue weighted by Crippen LogP contribution is 2.15. The van der Waals surface area contributed by atoms with Gasteiger partial charge in [0.1, 0.15) is 0 Å². The van der Waals surface area contributed by atoms with E-state index in [1.165, 1.54) is 0 Å². The molecule has 0 radical (unpaired) electrons. The normalized spacial score (nSPS) is 16.9. The molecule has 2 atom stereocenters. The van der Waals surface area contributed by atoms with Gasteiger partial charge in [0.2, 0.25) is 0 Å². The van der Waals surface area contributed by atoms with Crippen LogP contribution in [0.5, 0.6) is 0 Å². The Kier molecular flexibility index (Phi) is 6.40. The van der Waals surface area contributed by atoms with Crippen LogP contribution in [0.4, 0.5) is 3.89 Å². The summed E-state index contributed by atoms with van der Waals surface area (Å²) in [5.74, 6) is 0. The van der Waals surface area contributed by atoms with Gasteiger partial charge in [-0.05, 0) is 13.3 Å². The second-order valence-electron chi connectivity index (χ2n) is 2.79. The molecule has 0 aliphatic rings. The minimum Gasteiger partial charge on any atom is -0.356 e. The third-order valence-corrected chi connectivity index (χ3v) is 3.65. The van der Waals surface area contributed by atoms with Crippen molar-refractivity contribution >= 4 is 32.8 Å². The predicted octanol–water partition coefficient (Wildman–Crippen LogP) is 2.25. The Labute approximate surface area is 92.4 Å². The highest BCUT2D eigenvalue weighted by atomic mass is 127. The molecule has 0 rings (SSSR count). The fourth-order valence-corrected chi connectivity index (χ4v) is 1.85. The van der Waals surface area contributed by atoms with Gasteiger partial charge in [-0.25, -0.2) is 0 Å². The van der Waals surface area contributed by atoms with Crippen molar-refractivity contribution in [3.05, 3.63) is 0 Å². The Hall–Kier alpha value is 0.570. The van der Waals surface area contributed by atoms with Crippen molar-refractivity contribution in [3.8, 4) is 0 Å². The van der Waals surface area contributed by atoms with Gasteiger partial charge in [-0.1, -0.05) is 35.9 Å². The van der Waals surface area contributed by atoms with Crippen molar-refractivity contribution in [1.82, 2.24) is 0 Å². The number of rotatable bonds is 6. The van der Waals surface area contributed by atoms with E-state index in [4.69, 9.17) is 4.74 Å². The topological polar surface area (TPSA) is 43.4 Å². The lowest BCUT2D eigenvalue weighted by atomic mass is 10.3.